The third-order valence-electron chi connectivity index (χ3n) is 3.24. The fourth-order valence-electron chi connectivity index (χ4n) is 2.46. The number of rotatable bonds is 4. The van der Waals surface area contributed by atoms with E-state index >= 15 is 0 Å². The molecule has 0 radical (unpaired) electrons. The SMILES string of the molecule is Cc1cc(C)c(S(=O)(=O)/N=C\C=C\c2ccccc2)c(C)c1. The first-order valence-corrected chi connectivity index (χ1v) is 8.44. The van der Waals surface area contributed by atoms with Crippen LogP contribution in [0.2, 0.25) is 0 Å². The Balaban J connectivity index is 2.25. The quantitative estimate of drug-likeness (QED) is 0.798. The third-order valence-corrected chi connectivity index (χ3v) is 4.80. The Morgan fingerprint density at radius 1 is 0.955 bits per heavy atom. The first-order chi connectivity index (χ1) is 10.4. The molecule has 0 unspecified atom stereocenters. The van der Waals surface area contributed by atoms with Crippen molar-refractivity contribution in [3.63, 3.8) is 0 Å². The van der Waals surface area contributed by atoms with Gasteiger partial charge in [-0.15, -0.1) is 0 Å². The Hall–Kier alpha value is -2.20. The van der Waals surface area contributed by atoms with E-state index in [4.69, 9.17) is 0 Å². The van der Waals surface area contributed by atoms with Gasteiger partial charge in [-0.1, -0.05) is 54.1 Å². The number of nitrogens with zero attached hydrogens (tertiary/aromatic N) is 1. The van der Waals surface area contributed by atoms with Gasteiger partial charge in [-0.25, -0.2) is 0 Å². The zero-order valence-electron chi connectivity index (χ0n) is 12.9. The van der Waals surface area contributed by atoms with Gasteiger partial charge in [-0.3, -0.25) is 0 Å². The molecule has 0 aromatic heterocycles. The summed E-state index contributed by atoms with van der Waals surface area (Å²) in [5.41, 5.74) is 3.49. The predicted octanol–water partition coefficient (Wildman–Crippen LogP) is 4.08. The van der Waals surface area contributed by atoms with E-state index in [1.165, 1.54) is 6.21 Å². The fourth-order valence-corrected chi connectivity index (χ4v) is 3.73. The van der Waals surface area contributed by atoms with Crippen LogP contribution in [0.25, 0.3) is 6.08 Å². The van der Waals surface area contributed by atoms with Crippen LogP contribution in [0.1, 0.15) is 22.3 Å². The van der Waals surface area contributed by atoms with Crippen molar-refractivity contribution in [1.82, 2.24) is 0 Å². The van der Waals surface area contributed by atoms with Crippen LogP contribution in [-0.4, -0.2) is 14.6 Å². The summed E-state index contributed by atoms with van der Waals surface area (Å²) in [6.45, 7) is 5.53. The van der Waals surface area contributed by atoms with Gasteiger partial charge in [0.05, 0.1) is 4.90 Å². The molecule has 0 saturated heterocycles. The van der Waals surface area contributed by atoms with Gasteiger partial charge in [0.1, 0.15) is 0 Å². The summed E-state index contributed by atoms with van der Waals surface area (Å²) in [6.07, 6.45) is 4.76. The highest BCUT2D eigenvalue weighted by Gasteiger charge is 2.17. The Morgan fingerprint density at radius 2 is 1.55 bits per heavy atom. The average molecular weight is 313 g/mol. The van der Waals surface area contributed by atoms with Gasteiger partial charge in [-0.2, -0.15) is 12.8 Å². The molecule has 0 fully saturated rings. The molecule has 22 heavy (non-hydrogen) atoms. The molecule has 0 bridgehead atoms. The molecule has 3 nitrogen and oxygen atoms in total. The molecule has 2 aromatic rings. The van der Waals surface area contributed by atoms with E-state index in [-0.39, 0.29) is 0 Å². The molecule has 0 N–H and O–H groups in total. The summed E-state index contributed by atoms with van der Waals surface area (Å²) in [5.74, 6) is 0. The van der Waals surface area contributed by atoms with Crippen molar-refractivity contribution in [3.8, 4) is 0 Å². The van der Waals surface area contributed by atoms with Gasteiger partial charge in [0.2, 0.25) is 0 Å². The molecule has 2 aromatic carbocycles. The van der Waals surface area contributed by atoms with E-state index in [0.29, 0.717) is 4.90 Å². The van der Waals surface area contributed by atoms with Crippen molar-refractivity contribution in [1.29, 1.82) is 0 Å². The second kappa shape index (κ2) is 6.71. The number of aryl methyl sites for hydroxylation is 3. The minimum absolute atomic E-state index is 0.294. The summed E-state index contributed by atoms with van der Waals surface area (Å²) in [7, 11) is -3.67. The first kappa shape index (κ1) is 16.2. The standard InChI is InChI=1S/C18H19NO2S/c1-14-12-15(2)18(16(3)13-14)22(20,21)19-11-7-10-17-8-5-4-6-9-17/h4-13H,1-3H3/b10-7+,19-11-. The maximum Gasteiger partial charge on any atom is 0.282 e. The number of benzene rings is 2. The highest BCUT2D eigenvalue weighted by molar-refractivity contribution is 7.90. The van der Waals surface area contributed by atoms with E-state index in [2.05, 4.69) is 4.40 Å². The van der Waals surface area contributed by atoms with Crippen molar-refractivity contribution in [3.05, 3.63) is 70.8 Å². The van der Waals surface area contributed by atoms with Crippen molar-refractivity contribution in [2.24, 2.45) is 4.40 Å². The summed E-state index contributed by atoms with van der Waals surface area (Å²) < 4.78 is 28.5. The molecule has 114 valence electrons. The Kier molecular flexibility index (Phi) is 4.93. The fraction of sp³-hybridized carbons (Fsp3) is 0.167. The van der Waals surface area contributed by atoms with Crippen LogP contribution in [0.4, 0.5) is 0 Å². The van der Waals surface area contributed by atoms with Gasteiger partial charge in [0.15, 0.2) is 0 Å². The molecule has 0 atom stereocenters. The van der Waals surface area contributed by atoms with E-state index < -0.39 is 10.0 Å². The van der Waals surface area contributed by atoms with Gasteiger partial charge in [0, 0.05) is 6.21 Å². The van der Waals surface area contributed by atoms with Crippen LogP contribution in [-0.2, 0) is 10.0 Å². The van der Waals surface area contributed by atoms with Crippen molar-refractivity contribution in [2.75, 3.05) is 0 Å². The minimum Gasteiger partial charge on any atom is -0.199 e. The summed E-state index contributed by atoms with van der Waals surface area (Å²) in [6, 6.07) is 13.4. The zero-order valence-corrected chi connectivity index (χ0v) is 13.8. The maximum absolute atomic E-state index is 12.4. The minimum atomic E-state index is -3.67. The van der Waals surface area contributed by atoms with Gasteiger partial charge < -0.3 is 0 Å². The lowest BCUT2D eigenvalue weighted by atomic mass is 10.1. The number of hydrogen-bond acceptors (Lipinski definition) is 2. The molecular weight excluding hydrogens is 294 g/mol. The molecule has 0 aliphatic carbocycles. The number of allylic oxidation sites excluding steroid dienone is 1. The van der Waals surface area contributed by atoms with Gasteiger partial charge in [-0.05, 0) is 43.5 Å². The molecule has 0 aliphatic heterocycles. The topological polar surface area (TPSA) is 46.5 Å². The molecule has 0 aliphatic rings. The van der Waals surface area contributed by atoms with Gasteiger partial charge in [0.25, 0.3) is 10.0 Å². The Bertz CT molecular complexity index is 796. The predicted molar refractivity (Wildman–Crippen MR) is 91.8 cm³/mol. The van der Waals surface area contributed by atoms with Crippen LogP contribution in [0, 0.1) is 20.8 Å². The summed E-state index contributed by atoms with van der Waals surface area (Å²) >= 11 is 0. The second-order valence-electron chi connectivity index (χ2n) is 5.23. The van der Waals surface area contributed by atoms with E-state index in [0.717, 1.165) is 22.3 Å². The van der Waals surface area contributed by atoms with Crippen LogP contribution < -0.4 is 0 Å². The van der Waals surface area contributed by atoms with E-state index in [1.54, 1.807) is 19.9 Å². The number of sulfonamides is 1. The van der Waals surface area contributed by atoms with Crippen LogP contribution in [0.3, 0.4) is 0 Å². The maximum atomic E-state index is 12.4. The van der Waals surface area contributed by atoms with Crippen molar-refractivity contribution in [2.45, 2.75) is 25.7 Å². The van der Waals surface area contributed by atoms with Crippen molar-refractivity contribution >= 4 is 22.3 Å². The monoisotopic (exact) mass is 313 g/mol. The molecular formula is C18H19NO2S. The Labute approximate surface area is 132 Å². The second-order valence-corrected chi connectivity index (χ2v) is 6.80. The average Bonchev–Trinajstić information content (AvgIpc) is 2.43. The smallest absolute Gasteiger partial charge is 0.199 e. The molecule has 0 spiro atoms. The van der Waals surface area contributed by atoms with Gasteiger partial charge >= 0.3 is 0 Å². The van der Waals surface area contributed by atoms with Crippen LogP contribution in [0.15, 0.2) is 57.8 Å². The van der Waals surface area contributed by atoms with Crippen LogP contribution in [0.5, 0.6) is 0 Å². The normalized spacial score (nSPS) is 12.3. The summed E-state index contributed by atoms with van der Waals surface area (Å²) in [4.78, 5) is 0.294. The van der Waals surface area contributed by atoms with E-state index in [1.807, 2.05) is 55.5 Å². The van der Waals surface area contributed by atoms with Crippen molar-refractivity contribution < 1.29 is 8.42 Å². The highest BCUT2D eigenvalue weighted by atomic mass is 32.2. The largest absolute Gasteiger partial charge is 0.282 e. The molecule has 4 heteroatoms. The Morgan fingerprint density at radius 3 is 2.14 bits per heavy atom. The third kappa shape index (κ3) is 3.92. The lowest BCUT2D eigenvalue weighted by Gasteiger charge is -2.08. The lowest BCUT2D eigenvalue weighted by molar-refractivity contribution is 0.597. The first-order valence-electron chi connectivity index (χ1n) is 7.00. The van der Waals surface area contributed by atoms with E-state index in [9.17, 15) is 8.42 Å². The lowest BCUT2D eigenvalue weighted by Crippen LogP contribution is -2.03. The van der Waals surface area contributed by atoms with Crippen LogP contribution >= 0.6 is 0 Å². The highest BCUT2D eigenvalue weighted by Crippen LogP contribution is 2.23. The number of hydrogen-bond donors (Lipinski definition) is 0. The summed E-state index contributed by atoms with van der Waals surface area (Å²) in [5, 5.41) is 0. The molecule has 2 rings (SSSR count). The molecule has 0 heterocycles. The molecule has 0 amide bonds. The zero-order chi connectivity index (χ0) is 16.2. The molecule has 0 saturated carbocycles.